The minimum Gasteiger partial charge on any atom is -0.320 e. The maximum atomic E-state index is 6.26. The highest BCUT2D eigenvalue weighted by Crippen LogP contribution is 2.37. The summed E-state index contributed by atoms with van der Waals surface area (Å²) in [6.45, 7) is 2.07. The topological polar surface area (TPSA) is 26.0 Å². The monoisotopic (exact) mass is 397 g/mol. The highest BCUT2D eigenvalue weighted by Gasteiger charge is 2.18. The smallest absolute Gasteiger partial charge is 0.0995 e. The minimum atomic E-state index is -0.224. The third kappa shape index (κ3) is 2.79. The van der Waals surface area contributed by atoms with Gasteiger partial charge in [0.15, 0.2) is 0 Å². The molecule has 0 aliphatic rings. The van der Waals surface area contributed by atoms with Crippen molar-refractivity contribution in [1.29, 1.82) is 0 Å². The zero-order chi connectivity index (χ0) is 12.6. The van der Waals surface area contributed by atoms with Crippen molar-refractivity contribution in [2.75, 3.05) is 0 Å². The van der Waals surface area contributed by atoms with E-state index in [2.05, 4.69) is 35.6 Å². The van der Waals surface area contributed by atoms with Crippen LogP contribution in [0.1, 0.15) is 22.7 Å². The van der Waals surface area contributed by atoms with E-state index in [4.69, 9.17) is 28.9 Å². The molecule has 1 nitrogen and oxygen atoms in total. The standard InChI is InChI=1S/C12H10Cl2INS/c1-6-3-2-4-7(10(6)15)11(16)8-5-9(13)17-12(8)14/h2-5,11H,16H2,1H3. The summed E-state index contributed by atoms with van der Waals surface area (Å²) in [4.78, 5) is 0. The second-order valence-electron chi connectivity index (χ2n) is 3.74. The second kappa shape index (κ2) is 5.45. The van der Waals surface area contributed by atoms with E-state index in [1.54, 1.807) is 0 Å². The molecule has 2 N–H and O–H groups in total. The van der Waals surface area contributed by atoms with Crippen LogP contribution in [0.15, 0.2) is 24.3 Å². The maximum absolute atomic E-state index is 6.26. The van der Waals surface area contributed by atoms with Crippen LogP contribution in [0.5, 0.6) is 0 Å². The Balaban J connectivity index is 2.47. The number of benzene rings is 1. The zero-order valence-electron chi connectivity index (χ0n) is 9.01. The van der Waals surface area contributed by atoms with Gasteiger partial charge in [-0.1, -0.05) is 41.4 Å². The van der Waals surface area contributed by atoms with Gasteiger partial charge in [-0.15, -0.1) is 11.3 Å². The SMILES string of the molecule is Cc1cccc(C(N)c2cc(Cl)sc2Cl)c1I. The van der Waals surface area contributed by atoms with Crippen molar-refractivity contribution in [3.8, 4) is 0 Å². The van der Waals surface area contributed by atoms with Crippen molar-refractivity contribution in [1.82, 2.24) is 0 Å². The molecule has 5 heteroatoms. The number of hydrogen-bond donors (Lipinski definition) is 1. The molecule has 90 valence electrons. The van der Waals surface area contributed by atoms with Gasteiger partial charge in [0.05, 0.1) is 14.7 Å². The largest absolute Gasteiger partial charge is 0.320 e. The van der Waals surface area contributed by atoms with Gasteiger partial charge in [-0.05, 0) is 46.7 Å². The summed E-state index contributed by atoms with van der Waals surface area (Å²) in [5.41, 5.74) is 9.46. The number of hydrogen-bond acceptors (Lipinski definition) is 2. The molecular weight excluding hydrogens is 388 g/mol. The molecule has 1 aromatic heterocycles. The minimum absolute atomic E-state index is 0.224. The normalized spacial score (nSPS) is 12.8. The van der Waals surface area contributed by atoms with E-state index in [0.717, 1.165) is 11.1 Å². The van der Waals surface area contributed by atoms with Gasteiger partial charge in [-0.3, -0.25) is 0 Å². The van der Waals surface area contributed by atoms with Gasteiger partial charge in [-0.25, -0.2) is 0 Å². The van der Waals surface area contributed by atoms with Crippen LogP contribution in [-0.2, 0) is 0 Å². The van der Waals surface area contributed by atoms with E-state index >= 15 is 0 Å². The first kappa shape index (κ1) is 13.6. The molecule has 0 fully saturated rings. The van der Waals surface area contributed by atoms with E-state index in [1.807, 2.05) is 18.2 Å². The van der Waals surface area contributed by atoms with E-state index in [1.165, 1.54) is 20.5 Å². The van der Waals surface area contributed by atoms with Gasteiger partial charge in [-0.2, -0.15) is 0 Å². The number of rotatable bonds is 2. The van der Waals surface area contributed by atoms with Crippen LogP contribution in [0.4, 0.5) is 0 Å². The summed E-state index contributed by atoms with van der Waals surface area (Å²) in [5.74, 6) is 0. The summed E-state index contributed by atoms with van der Waals surface area (Å²) in [5, 5.41) is 0. The van der Waals surface area contributed by atoms with Crippen LogP contribution < -0.4 is 5.73 Å². The van der Waals surface area contributed by atoms with Crippen LogP contribution in [-0.4, -0.2) is 0 Å². The van der Waals surface area contributed by atoms with Gasteiger partial charge in [0, 0.05) is 9.13 Å². The Morgan fingerprint density at radius 3 is 2.59 bits per heavy atom. The molecule has 0 aliphatic heterocycles. The average Bonchev–Trinajstić information content (AvgIpc) is 2.61. The summed E-state index contributed by atoms with van der Waals surface area (Å²) >= 11 is 15.7. The zero-order valence-corrected chi connectivity index (χ0v) is 13.5. The second-order valence-corrected chi connectivity index (χ2v) is 7.10. The Labute approximate surface area is 128 Å². The highest BCUT2D eigenvalue weighted by molar-refractivity contribution is 14.1. The van der Waals surface area contributed by atoms with Crippen molar-refractivity contribution in [2.45, 2.75) is 13.0 Å². The number of thiophene rings is 1. The van der Waals surface area contributed by atoms with Crippen LogP contribution in [0.2, 0.25) is 8.67 Å². The lowest BCUT2D eigenvalue weighted by Gasteiger charge is -2.14. The Bertz CT molecular complexity index is 553. The lowest BCUT2D eigenvalue weighted by molar-refractivity contribution is 0.868. The van der Waals surface area contributed by atoms with Crippen LogP contribution >= 0.6 is 57.1 Å². The Hall–Kier alpha value is 0.190. The molecule has 17 heavy (non-hydrogen) atoms. The average molecular weight is 398 g/mol. The Morgan fingerprint density at radius 1 is 1.29 bits per heavy atom. The lowest BCUT2D eigenvalue weighted by Crippen LogP contribution is -2.13. The molecule has 1 atom stereocenters. The Morgan fingerprint density at radius 2 is 2.00 bits per heavy atom. The molecule has 1 heterocycles. The van der Waals surface area contributed by atoms with Crippen molar-refractivity contribution in [3.63, 3.8) is 0 Å². The third-order valence-corrected chi connectivity index (χ3v) is 5.57. The highest BCUT2D eigenvalue weighted by atomic mass is 127. The summed E-state index contributed by atoms with van der Waals surface area (Å²) in [7, 11) is 0. The maximum Gasteiger partial charge on any atom is 0.0995 e. The predicted molar refractivity (Wildman–Crippen MR) is 84.3 cm³/mol. The molecule has 1 unspecified atom stereocenters. The molecule has 0 bridgehead atoms. The van der Waals surface area contributed by atoms with Crippen LogP contribution in [0.3, 0.4) is 0 Å². The fraction of sp³-hybridized carbons (Fsp3) is 0.167. The molecule has 0 radical (unpaired) electrons. The molecule has 0 saturated carbocycles. The number of halogens is 3. The van der Waals surface area contributed by atoms with Crippen molar-refractivity contribution >= 4 is 57.1 Å². The van der Waals surface area contributed by atoms with Gasteiger partial charge in [0.25, 0.3) is 0 Å². The molecule has 2 rings (SSSR count). The first-order valence-electron chi connectivity index (χ1n) is 4.96. The molecular formula is C12H10Cl2INS. The quantitative estimate of drug-likeness (QED) is 0.707. The predicted octanol–water partition coefficient (Wildman–Crippen LogP) is 5.02. The molecule has 2 aromatic rings. The van der Waals surface area contributed by atoms with E-state index in [-0.39, 0.29) is 6.04 Å². The molecule has 0 aliphatic carbocycles. The summed E-state index contributed by atoms with van der Waals surface area (Å²) in [6.07, 6.45) is 0. The van der Waals surface area contributed by atoms with E-state index in [9.17, 15) is 0 Å². The summed E-state index contributed by atoms with van der Waals surface area (Å²) < 4.78 is 2.51. The molecule has 0 spiro atoms. The third-order valence-electron chi connectivity index (χ3n) is 2.57. The fourth-order valence-corrected chi connectivity index (χ4v) is 3.89. The lowest BCUT2D eigenvalue weighted by atomic mass is 10.0. The van der Waals surface area contributed by atoms with Crippen LogP contribution in [0.25, 0.3) is 0 Å². The van der Waals surface area contributed by atoms with Gasteiger partial charge >= 0.3 is 0 Å². The van der Waals surface area contributed by atoms with E-state index < -0.39 is 0 Å². The van der Waals surface area contributed by atoms with Crippen molar-refractivity contribution < 1.29 is 0 Å². The first-order valence-corrected chi connectivity index (χ1v) is 7.61. The first-order chi connectivity index (χ1) is 8.00. The van der Waals surface area contributed by atoms with Gasteiger partial charge in [0.1, 0.15) is 0 Å². The summed E-state index contributed by atoms with van der Waals surface area (Å²) in [6, 6.07) is 7.73. The van der Waals surface area contributed by atoms with Crippen LogP contribution in [0, 0.1) is 10.5 Å². The molecule has 1 aromatic carbocycles. The van der Waals surface area contributed by atoms with E-state index in [0.29, 0.717) is 8.67 Å². The molecule has 0 amide bonds. The number of aryl methyl sites for hydroxylation is 1. The fourth-order valence-electron chi connectivity index (χ4n) is 1.64. The number of nitrogens with two attached hydrogens (primary N) is 1. The Kier molecular flexibility index (Phi) is 4.36. The van der Waals surface area contributed by atoms with Gasteiger partial charge < -0.3 is 5.73 Å². The van der Waals surface area contributed by atoms with Crippen molar-refractivity contribution in [2.24, 2.45) is 5.73 Å². The van der Waals surface area contributed by atoms with Crippen molar-refractivity contribution in [3.05, 3.63) is 53.2 Å². The molecule has 0 saturated heterocycles. The van der Waals surface area contributed by atoms with Gasteiger partial charge in [0.2, 0.25) is 0 Å².